The van der Waals surface area contributed by atoms with Gasteiger partial charge >= 0.3 is 0 Å². The maximum absolute atomic E-state index is 5.94. The summed E-state index contributed by atoms with van der Waals surface area (Å²) < 4.78 is 5.94. The van der Waals surface area contributed by atoms with Crippen molar-refractivity contribution in [2.45, 2.75) is 37.3 Å². The van der Waals surface area contributed by atoms with Crippen LogP contribution in [-0.2, 0) is 4.74 Å². The van der Waals surface area contributed by atoms with E-state index in [1.54, 1.807) is 0 Å². The van der Waals surface area contributed by atoms with Gasteiger partial charge < -0.3 is 10.1 Å². The zero-order valence-corrected chi connectivity index (χ0v) is 12.2. The molecule has 1 heterocycles. The molecule has 3 rings (SSSR count). The maximum atomic E-state index is 5.94. The molecule has 0 aliphatic heterocycles. The fourth-order valence-corrected chi connectivity index (χ4v) is 3.59. The van der Waals surface area contributed by atoms with E-state index in [1.165, 1.54) is 23.8 Å². The number of fused-ring (bicyclic) bond motifs is 1. The highest BCUT2D eigenvalue weighted by Gasteiger charge is 2.41. The molecule has 3 heteroatoms. The number of likely N-dealkylation sites (N-methyl/N-ethyl adjacent to an activating group) is 1. The van der Waals surface area contributed by atoms with E-state index in [1.807, 2.05) is 26.4 Å². The molecule has 1 aromatic heterocycles. The van der Waals surface area contributed by atoms with Crippen molar-refractivity contribution in [1.82, 2.24) is 10.3 Å². The van der Waals surface area contributed by atoms with Crippen molar-refractivity contribution in [2.75, 3.05) is 14.2 Å². The maximum Gasteiger partial charge on any atom is 0.0872 e. The Balaban J connectivity index is 2.02. The molecule has 1 atom stereocenters. The molecule has 0 amide bonds. The minimum atomic E-state index is -0.0648. The highest BCUT2D eigenvalue weighted by molar-refractivity contribution is 5.79. The molecule has 0 saturated heterocycles. The summed E-state index contributed by atoms with van der Waals surface area (Å²) >= 11 is 0. The predicted molar refractivity (Wildman–Crippen MR) is 81.8 cm³/mol. The normalized spacial score (nSPS) is 19.3. The van der Waals surface area contributed by atoms with Crippen LogP contribution in [0.3, 0.4) is 0 Å². The Morgan fingerprint density at radius 1 is 1.25 bits per heavy atom. The fourth-order valence-electron chi connectivity index (χ4n) is 3.59. The quantitative estimate of drug-likeness (QED) is 0.924. The third kappa shape index (κ3) is 2.21. The number of nitrogens with zero attached hydrogens (tertiary/aromatic N) is 1. The zero-order chi connectivity index (χ0) is 14.0. The van der Waals surface area contributed by atoms with Crippen molar-refractivity contribution < 1.29 is 4.74 Å². The molecule has 106 valence electrons. The monoisotopic (exact) mass is 270 g/mol. The summed E-state index contributed by atoms with van der Waals surface area (Å²) in [5.74, 6) is 0. The Labute approximate surface area is 120 Å². The average molecular weight is 270 g/mol. The van der Waals surface area contributed by atoms with Gasteiger partial charge in [-0.15, -0.1) is 0 Å². The van der Waals surface area contributed by atoms with Gasteiger partial charge in [-0.05, 0) is 43.7 Å². The van der Waals surface area contributed by atoms with Crippen molar-refractivity contribution in [1.29, 1.82) is 0 Å². The molecular weight excluding hydrogens is 248 g/mol. The Kier molecular flexibility index (Phi) is 3.72. The third-order valence-corrected chi connectivity index (χ3v) is 4.63. The highest BCUT2D eigenvalue weighted by atomic mass is 16.5. The second kappa shape index (κ2) is 5.51. The summed E-state index contributed by atoms with van der Waals surface area (Å²) in [4.78, 5) is 4.39. The van der Waals surface area contributed by atoms with Crippen LogP contribution in [0.25, 0.3) is 10.9 Å². The molecule has 1 aliphatic rings. The first-order valence-electron chi connectivity index (χ1n) is 7.36. The molecule has 20 heavy (non-hydrogen) atoms. The van der Waals surface area contributed by atoms with Crippen LogP contribution in [0, 0.1) is 0 Å². The number of rotatable bonds is 4. The molecule has 0 radical (unpaired) electrons. The summed E-state index contributed by atoms with van der Waals surface area (Å²) in [6.45, 7) is 0. The minimum Gasteiger partial charge on any atom is -0.376 e. The Bertz CT molecular complexity index is 590. The molecular formula is C17H22N2O. The number of pyridine rings is 1. The lowest BCUT2D eigenvalue weighted by Gasteiger charge is -2.36. The van der Waals surface area contributed by atoms with Crippen molar-refractivity contribution in [3.05, 3.63) is 42.1 Å². The topological polar surface area (TPSA) is 34.2 Å². The van der Waals surface area contributed by atoms with Gasteiger partial charge in [-0.25, -0.2) is 0 Å². The van der Waals surface area contributed by atoms with Gasteiger partial charge in [0.25, 0.3) is 0 Å². The van der Waals surface area contributed by atoms with Crippen molar-refractivity contribution >= 4 is 10.9 Å². The van der Waals surface area contributed by atoms with Gasteiger partial charge in [-0.1, -0.05) is 25.0 Å². The lowest BCUT2D eigenvalue weighted by molar-refractivity contribution is -0.0348. The van der Waals surface area contributed by atoms with Crippen LogP contribution in [-0.4, -0.2) is 24.7 Å². The molecule has 1 fully saturated rings. The number of benzene rings is 1. The summed E-state index contributed by atoms with van der Waals surface area (Å²) in [5.41, 5.74) is 2.27. The Morgan fingerprint density at radius 3 is 2.75 bits per heavy atom. The SMILES string of the molecule is CNC(c1ccc2ncccc2c1)C1(OC)CCCC1. The van der Waals surface area contributed by atoms with Gasteiger partial charge in [0.1, 0.15) is 0 Å². The first kappa shape index (κ1) is 13.5. The third-order valence-electron chi connectivity index (χ3n) is 4.63. The van der Waals surface area contributed by atoms with Crippen LogP contribution in [0.15, 0.2) is 36.5 Å². The summed E-state index contributed by atoms with van der Waals surface area (Å²) in [6.07, 6.45) is 6.59. The Hall–Kier alpha value is -1.45. The van der Waals surface area contributed by atoms with Crippen molar-refractivity contribution in [3.8, 4) is 0 Å². The van der Waals surface area contributed by atoms with E-state index in [0.717, 1.165) is 18.4 Å². The molecule has 1 unspecified atom stereocenters. The zero-order valence-electron chi connectivity index (χ0n) is 12.2. The van der Waals surface area contributed by atoms with E-state index < -0.39 is 0 Å². The van der Waals surface area contributed by atoms with E-state index >= 15 is 0 Å². The molecule has 0 bridgehead atoms. The number of ether oxygens (including phenoxy) is 1. The minimum absolute atomic E-state index is 0.0648. The second-order valence-corrected chi connectivity index (χ2v) is 5.65. The predicted octanol–water partition coefficient (Wildman–Crippen LogP) is 3.45. The van der Waals surface area contributed by atoms with E-state index in [9.17, 15) is 0 Å². The first-order chi connectivity index (χ1) is 9.79. The molecule has 2 aromatic rings. The van der Waals surface area contributed by atoms with E-state index in [2.05, 4.69) is 34.6 Å². The van der Waals surface area contributed by atoms with Crippen LogP contribution in [0.4, 0.5) is 0 Å². The van der Waals surface area contributed by atoms with Crippen molar-refractivity contribution in [3.63, 3.8) is 0 Å². The second-order valence-electron chi connectivity index (χ2n) is 5.65. The van der Waals surface area contributed by atoms with Crippen LogP contribution in [0.5, 0.6) is 0 Å². The largest absolute Gasteiger partial charge is 0.376 e. The smallest absolute Gasteiger partial charge is 0.0872 e. The number of nitrogens with one attached hydrogen (secondary N) is 1. The van der Waals surface area contributed by atoms with Crippen LogP contribution >= 0.6 is 0 Å². The molecule has 1 saturated carbocycles. The molecule has 3 nitrogen and oxygen atoms in total. The van der Waals surface area contributed by atoms with E-state index in [-0.39, 0.29) is 11.6 Å². The number of methoxy groups -OCH3 is 1. The van der Waals surface area contributed by atoms with Crippen LogP contribution in [0.2, 0.25) is 0 Å². The fraction of sp³-hybridized carbons (Fsp3) is 0.471. The van der Waals surface area contributed by atoms with Crippen LogP contribution in [0.1, 0.15) is 37.3 Å². The summed E-state index contributed by atoms with van der Waals surface area (Å²) in [5, 5.41) is 4.66. The van der Waals surface area contributed by atoms with Gasteiger partial charge in [0.05, 0.1) is 17.2 Å². The van der Waals surface area contributed by atoms with Gasteiger partial charge in [0, 0.05) is 18.7 Å². The van der Waals surface area contributed by atoms with Crippen LogP contribution < -0.4 is 5.32 Å². The highest BCUT2D eigenvalue weighted by Crippen LogP contribution is 2.42. The average Bonchev–Trinajstić information content (AvgIpc) is 2.98. The Morgan fingerprint density at radius 2 is 2.05 bits per heavy atom. The first-order valence-corrected chi connectivity index (χ1v) is 7.36. The standard InChI is InChI=1S/C17H22N2O/c1-18-16(17(20-2)9-3-4-10-17)14-7-8-15-13(12-14)6-5-11-19-15/h5-8,11-12,16,18H,3-4,9-10H2,1-2H3. The van der Waals surface area contributed by atoms with Gasteiger partial charge in [-0.2, -0.15) is 0 Å². The summed E-state index contributed by atoms with van der Waals surface area (Å²) in [6, 6.07) is 10.9. The van der Waals surface area contributed by atoms with E-state index in [0.29, 0.717) is 0 Å². The lowest BCUT2D eigenvalue weighted by Crippen LogP contribution is -2.42. The molecule has 1 aliphatic carbocycles. The number of hydrogen-bond acceptors (Lipinski definition) is 3. The van der Waals surface area contributed by atoms with Gasteiger partial charge in [0.2, 0.25) is 0 Å². The molecule has 1 N–H and O–H groups in total. The number of hydrogen-bond donors (Lipinski definition) is 1. The lowest BCUT2D eigenvalue weighted by atomic mass is 9.86. The van der Waals surface area contributed by atoms with Crippen molar-refractivity contribution in [2.24, 2.45) is 0 Å². The van der Waals surface area contributed by atoms with Gasteiger partial charge in [-0.3, -0.25) is 4.98 Å². The molecule has 0 spiro atoms. The van der Waals surface area contributed by atoms with Gasteiger partial charge in [0.15, 0.2) is 0 Å². The summed E-state index contributed by atoms with van der Waals surface area (Å²) in [7, 11) is 3.87. The number of aromatic nitrogens is 1. The molecule has 1 aromatic carbocycles. The van der Waals surface area contributed by atoms with E-state index in [4.69, 9.17) is 4.74 Å².